The molecular weight excluding hydrogens is 656 g/mol. The van der Waals surface area contributed by atoms with Gasteiger partial charge >= 0.3 is 0 Å². The van der Waals surface area contributed by atoms with Crippen molar-refractivity contribution in [3.63, 3.8) is 0 Å². The van der Waals surface area contributed by atoms with Crippen LogP contribution in [0.15, 0.2) is 108 Å². The molecule has 10 aromatic rings. The lowest BCUT2D eigenvalue weighted by Gasteiger charge is -2.26. The summed E-state index contributed by atoms with van der Waals surface area (Å²) in [6.07, 6.45) is 0. The largest absolute Gasteiger partial charge is 0.456 e. The zero-order chi connectivity index (χ0) is 37.8. The molecule has 1 nitrogen and oxygen atoms in total. The minimum Gasteiger partial charge on any atom is -0.456 e. The van der Waals surface area contributed by atoms with Crippen LogP contribution < -0.4 is 38.2 Å². The molecule has 1 aliphatic rings. The van der Waals surface area contributed by atoms with Crippen LogP contribution in [-0.2, 0) is 5.41 Å². The molecule has 0 unspecified atom stereocenters. The third kappa shape index (κ3) is 4.13. The van der Waals surface area contributed by atoms with Gasteiger partial charge in [-0.3, -0.25) is 0 Å². The summed E-state index contributed by atoms with van der Waals surface area (Å²) in [5, 5.41) is 9.75. The molecule has 0 bridgehead atoms. The molecule has 1 aliphatic carbocycles. The summed E-state index contributed by atoms with van der Waals surface area (Å²) < 4.78 is 6.72. The van der Waals surface area contributed by atoms with Crippen molar-refractivity contribution in [1.82, 2.24) is 0 Å². The quantitative estimate of drug-likeness (QED) is 0.189. The van der Waals surface area contributed by atoms with Crippen LogP contribution in [0.5, 0.6) is 0 Å². The third-order valence-electron chi connectivity index (χ3n) is 12.4. The van der Waals surface area contributed by atoms with E-state index in [1.807, 2.05) is 6.07 Å². The van der Waals surface area contributed by atoms with E-state index in [0.29, 0.717) is 21.8 Å². The Labute approximate surface area is 328 Å². The number of hydrogen-bond acceptors (Lipinski definition) is 1. The summed E-state index contributed by atoms with van der Waals surface area (Å²) >= 11 is 0. The van der Waals surface area contributed by atoms with Crippen molar-refractivity contribution < 1.29 is 4.42 Å². The van der Waals surface area contributed by atoms with Crippen molar-refractivity contribution in [2.75, 3.05) is 0 Å². The molecule has 0 aliphatic heterocycles. The van der Waals surface area contributed by atoms with Crippen molar-refractivity contribution in [3.8, 4) is 33.4 Å². The van der Waals surface area contributed by atoms with E-state index in [-0.39, 0.29) is 38.2 Å². The zero-order valence-electron chi connectivity index (χ0n) is 30.3. The maximum Gasteiger partial charge on any atom is 0.140 e. The van der Waals surface area contributed by atoms with E-state index in [2.05, 4.69) is 111 Å². The van der Waals surface area contributed by atoms with Gasteiger partial charge in [0.25, 0.3) is 0 Å². The number of fused-ring (bicyclic) bond motifs is 8. The lowest BCUT2D eigenvalue weighted by atomic mass is 9.58. The molecule has 1 aromatic heterocycles. The van der Waals surface area contributed by atoms with Gasteiger partial charge in [-0.05, 0) is 100 Å². The summed E-state index contributed by atoms with van der Waals surface area (Å²) in [6.45, 7) is 4.58. The second-order valence-corrected chi connectivity index (χ2v) is 15.5. The number of hydrogen-bond donors (Lipinski definition) is 0. The van der Waals surface area contributed by atoms with Gasteiger partial charge in [0.1, 0.15) is 66.1 Å². The maximum atomic E-state index is 6.82. The molecule has 0 saturated heterocycles. The average Bonchev–Trinajstić information content (AvgIpc) is 3.68. The molecule has 0 fully saturated rings. The van der Waals surface area contributed by atoms with Crippen molar-refractivity contribution in [2.24, 2.45) is 0 Å². The molecule has 55 heavy (non-hydrogen) atoms. The third-order valence-corrected chi connectivity index (χ3v) is 12.4. The Kier molecular flexibility index (Phi) is 6.63. The Morgan fingerprint density at radius 1 is 0.436 bits per heavy atom. The van der Waals surface area contributed by atoms with Gasteiger partial charge in [-0.15, -0.1) is 16.4 Å². The van der Waals surface area contributed by atoms with E-state index in [4.69, 9.17) is 59.3 Å². The molecule has 9 aromatic carbocycles. The normalized spacial score (nSPS) is 13.6. The Balaban J connectivity index is 1.15. The van der Waals surface area contributed by atoms with Crippen LogP contribution in [0.1, 0.15) is 25.0 Å². The highest BCUT2D eigenvalue weighted by molar-refractivity contribution is 6.72. The molecule has 0 amide bonds. The van der Waals surface area contributed by atoms with Crippen LogP contribution in [0, 0.1) is 0 Å². The van der Waals surface area contributed by atoms with Crippen LogP contribution in [0.25, 0.3) is 98.4 Å². The second kappa shape index (κ2) is 11.1. The standard InChI is InChI=1S/C47H23B7O/c1-47(2)31-6-4-3-5-24(31)28-16-17-29-30-19-22(11-18-32(30)55-46(29)38(28)47)23-12-7-20-9-14-26-27(15-10-21-8-13-25(23)33(20)34(21)26)35-36-37(41(50)43(52)39(35)48)42(51)45(54)44(53)40(36)49/h3-19H,1-2H3. The topological polar surface area (TPSA) is 13.1 Å². The van der Waals surface area contributed by atoms with Crippen molar-refractivity contribution >= 4 is 158 Å². The zero-order valence-corrected chi connectivity index (χ0v) is 30.3. The Morgan fingerprint density at radius 3 is 1.71 bits per heavy atom. The lowest BCUT2D eigenvalue weighted by Crippen LogP contribution is -2.52. The first-order chi connectivity index (χ1) is 26.5. The average molecular weight is 679 g/mol. The van der Waals surface area contributed by atoms with Crippen molar-refractivity contribution in [2.45, 2.75) is 19.3 Å². The van der Waals surface area contributed by atoms with E-state index in [9.17, 15) is 0 Å². The van der Waals surface area contributed by atoms with E-state index < -0.39 is 0 Å². The minimum atomic E-state index is -0.180. The highest BCUT2D eigenvalue weighted by atomic mass is 16.3. The van der Waals surface area contributed by atoms with Gasteiger partial charge in [0, 0.05) is 21.8 Å². The first kappa shape index (κ1) is 32.9. The molecule has 14 radical (unpaired) electrons. The lowest BCUT2D eigenvalue weighted by molar-refractivity contribution is 0.620. The van der Waals surface area contributed by atoms with E-state index in [1.54, 1.807) is 0 Å². The Hall–Kier alpha value is -5.47. The summed E-state index contributed by atoms with van der Waals surface area (Å²) in [4.78, 5) is 0. The van der Waals surface area contributed by atoms with Gasteiger partial charge in [-0.2, -0.15) is 0 Å². The molecular formula is C47H23B7O. The van der Waals surface area contributed by atoms with Crippen molar-refractivity contribution in [3.05, 3.63) is 114 Å². The minimum absolute atomic E-state index is 0.162. The summed E-state index contributed by atoms with van der Waals surface area (Å²) in [5.41, 5.74) is 12.0. The Bertz CT molecular complexity index is 3370. The van der Waals surface area contributed by atoms with Crippen LogP contribution in [0.4, 0.5) is 0 Å². The van der Waals surface area contributed by atoms with Crippen LogP contribution in [-0.4, -0.2) is 54.9 Å². The van der Waals surface area contributed by atoms with Crippen LogP contribution in [0.3, 0.4) is 0 Å². The molecule has 0 atom stereocenters. The van der Waals surface area contributed by atoms with Gasteiger partial charge in [-0.25, -0.2) is 0 Å². The monoisotopic (exact) mass is 680 g/mol. The number of furan rings is 1. The van der Waals surface area contributed by atoms with E-state index in [1.165, 1.54) is 22.3 Å². The summed E-state index contributed by atoms with van der Waals surface area (Å²) in [7, 11) is 45.8. The summed E-state index contributed by atoms with van der Waals surface area (Å²) in [6, 6.07) is 36.9. The Morgan fingerprint density at radius 2 is 1.00 bits per heavy atom. The number of rotatable bonds is 2. The SMILES string of the molecule is [B]c1c([B])c([B])c2c(-c3ccc4ccc5c(-c6ccc7oc8c9c(ccc8c7c6)-c6ccccc6C9(C)C)ccc6ccc3c4c65)c([B])c([B])c([B])c2c1[B]. The van der Waals surface area contributed by atoms with Gasteiger partial charge < -0.3 is 4.42 Å². The van der Waals surface area contributed by atoms with E-state index in [0.717, 1.165) is 70.9 Å². The molecule has 0 spiro atoms. The maximum absolute atomic E-state index is 6.82. The summed E-state index contributed by atoms with van der Waals surface area (Å²) in [5.74, 6) is 0. The molecule has 8 heteroatoms. The molecule has 0 saturated carbocycles. The fourth-order valence-electron chi connectivity index (χ4n) is 9.72. The van der Waals surface area contributed by atoms with Crippen molar-refractivity contribution in [1.29, 1.82) is 0 Å². The molecule has 238 valence electrons. The molecule has 0 N–H and O–H groups in total. The number of benzene rings is 9. The highest BCUT2D eigenvalue weighted by Gasteiger charge is 2.38. The fraction of sp³-hybridized carbons (Fsp3) is 0.0638. The van der Waals surface area contributed by atoms with Gasteiger partial charge in [0.2, 0.25) is 0 Å². The van der Waals surface area contributed by atoms with E-state index >= 15 is 0 Å². The second-order valence-electron chi connectivity index (χ2n) is 15.5. The smallest absolute Gasteiger partial charge is 0.140 e. The molecule has 1 heterocycles. The molecule has 11 rings (SSSR count). The fourth-order valence-corrected chi connectivity index (χ4v) is 9.72. The van der Waals surface area contributed by atoms with Crippen LogP contribution in [0.2, 0.25) is 0 Å². The predicted molar refractivity (Wildman–Crippen MR) is 241 cm³/mol. The first-order valence-corrected chi connectivity index (χ1v) is 18.3. The predicted octanol–water partition coefficient (Wildman–Crippen LogP) is 4.83. The first-order valence-electron chi connectivity index (χ1n) is 18.3. The highest BCUT2D eigenvalue weighted by Crippen LogP contribution is 2.53. The van der Waals surface area contributed by atoms with Crippen LogP contribution >= 0.6 is 0 Å². The van der Waals surface area contributed by atoms with Gasteiger partial charge in [0.05, 0.1) is 0 Å². The van der Waals surface area contributed by atoms with Gasteiger partial charge in [-0.1, -0.05) is 121 Å². The van der Waals surface area contributed by atoms with Gasteiger partial charge in [0.15, 0.2) is 0 Å².